The Morgan fingerprint density at radius 1 is 1.07 bits per heavy atom. The summed E-state index contributed by atoms with van der Waals surface area (Å²) in [5.74, 6) is 0.448. The highest BCUT2D eigenvalue weighted by Crippen LogP contribution is 2.33. The number of carbonyl (C=O) groups excluding carboxylic acids is 1. The molecule has 2 aromatic rings. The van der Waals surface area contributed by atoms with Gasteiger partial charge in [-0.2, -0.15) is 0 Å². The van der Waals surface area contributed by atoms with E-state index in [0.717, 1.165) is 5.56 Å². The molecule has 0 fully saturated rings. The molecule has 3 rings (SSSR count). The maximum Gasteiger partial charge on any atom is 0.341 e. The van der Waals surface area contributed by atoms with E-state index in [1.807, 2.05) is 30.3 Å². The Balaban J connectivity index is 1.47. The monoisotopic (exact) mass is 371 g/mol. The number of carboxylic acid groups (broad SMARTS) is 1. The molecule has 0 aromatic heterocycles. The van der Waals surface area contributed by atoms with Crippen molar-refractivity contribution in [3.63, 3.8) is 0 Å². The number of nitrogens with one attached hydrogen (secondary N) is 1. The quantitative estimate of drug-likeness (QED) is 0.774. The van der Waals surface area contributed by atoms with Gasteiger partial charge in [0.05, 0.1) is 0 Å². The van der Waals surface area contributed by atoms with Gasteiger partial charge in [-0.3, -0.25) is 4.79 Å². The first kappa shape index (κ1) is 18.6. The number of hydrogen-bond donors (Lipinski definition) is 2. The van der Waals surface area contributed by atoms with Gasteiger partial charge >= 0.3 is 5.97 Å². The third kappa shape index (κ3) is 4.91. The summed E-state index contributed by atoms with van der Waals surface area (Å²) < 4.78 is 16.6. The van der Waals surface area contributed by atoms with Gasteiger partial charge in [0.2, 0.25) is 6.10 Å². The van der Waals surface area contributed by atoms with E-state index in [0.29, 0.717) is 30.2 Å². The zero-order valence-corrected chi connectivity index (χ0v) is 14.9. The number of aliphatic carboxylic acids is 1. The third-order valence-corrected chi connectivity index (χ3v) is 4.10. The standard InChI is InChI=1S/C20H21NO6/c1-13-19(27-17-5-3-2-4-16(17)26-13)20(24)21-11-10-14-6-8-15(9-7-14)25-12-18(22)23/h2-9,13,19H,10-12H2,1H3,(H,21,24)(H,22,23)/t13-,19+/m0/s1. The lowest BCUT2D eigenvalue weighted by Crippen LogP contribution is -2.49. The minimum Gasteiger partial charge on any atom is -0.482 e. The first-order valence-corrected chi connectivity index (χ1v) is 8.66. The van der Waals surface area contributed by atoms with Crippen molar-refractivity contribution in [1.82, 2.24) is 5.32 Å². The third-order valence-electron chi connectivity index (χ3n) is 4.10. The second-order valence-electron chi connectivity index (χ2n) is 6.18. The largest absolute Gasteiger partial charge is 0.482 e. The number of amides is 1. The summed E-state index contributed by atoms with van der Waals surface area (Å²) >= 11 is 0. The molecule has 1 amide bonds. The molecule has 2 aromatic carbocycles. The summed E-state index contributed by atoms with van der Waals surface area (Å²) in [6, 6.07) is 14.3. The second-order valence-corrected chi connectivity index (χ2v) is 6.18. The molecule has 1 heterocycles. The first-order chi connectivity index (χ1) is 13.0. The Labute approximate surface area is 156 Å². The van der Waals surface area contributed by atoms with Crippen LogP contribution in [0.4, 0.5) is 0 Å². The van der Waals surface area contributed by atoms with Crippen LogP contribution in [-0.2, 0) is 16.0 Å². The summed E-state index contributed by atoms with van der Waals surface area (Å²) in [6.45, 7) is 1.87. The molecule has 0 bridgehead atoms. The van der Waals surface area contributed by atoms with Gasteiger partial charge in [-0.15, -0.1) is 0 Å². The smallest absolute Gasteiger partial charge is 0.341 e. The number of hydrogen-bond acceptors (Lipinski definition) is 5. The van der Waals surface area contributed by atoms with E-state index in [1.165, 1.54) is 0 Å². The Morgan fingerprint density at radius 3 is 2.41 bits per heavy atom. The Hall–Kier alpha value is -3.22. The molecule has 7 nitrogen and oxygen atoms in total. The van der Waals surface area contributed by atoms with Gasteiger partial charge in [0.15, 0.2) is 18.1 Å². The van der Waals surface area contributed by atoms with Gasteiger partial charge in [-0.25, -0.2) is 4.79 Å². The van der Waals surface area contributed by atoms with E-state index in [9.17, 15) is 9.59 Å². The summed E-state index contributed by atoms with van der Waals surface area (Å²) in [7, 11) is 0. The van der Waals surface area contributed by atoms with Crippen LogP contribution >= 0.6 is 0 Å². The normalized spacial score (nSPS) is 17.8. The molecule has 2 atom stereocenters. The molecule has 0 saturated heterocycles. The topological polar surface area (TPSA) is 94.1 Å². The van der Waals surface area contributed by atoms with Gasteiger partial charge in [-0.05, 0) is 43.2 Å². The lowest BCUT2D eigenvalue weighted by Gasteiger charge is -2.31. The van der Waals surface area contributed by atoms with Gasteiger partial charge in [0, 0.05) is 6.54 Å². The number of para-hydroxylation sites is 2. The number of carboxylic acids is 1. The van der Waals surface area contributed by atoms with E-state index >= 15 is 0 Å². The molecule has 0 aliphatic carbocycles. The Bertz CT molecular complexity index is 804. The molecule has 0 saturated carbocycles. The second kappa shape index (κ2) is 8.44. The molecule has 7 heteroatoms. The molecule has 1 aliphatic heterocycles. The summed E-state index contributed by atoms with van der Waals surface area (Å²) in [4.78, 5) is 22.9. The van der Waals surface area contributed by atoms with E-state index in [4.69, 9.17) is 19.3 Å². The van der Waals surface area contributed by atoms with E-state index in [1.54, 1.807) is 25.1 Å². The van der Waals surface area contributed by atoms with Crippen LogP contribution in [0.2, 0.25) is 0 Å². The Morgan fingerprint density at radius 2 is 1.74 bits per heavy atom. The maximum atomic E-state index is 12.4. The van der Waals surface area contributed by atoms with Crippen LogP contribution in [0, 0.1) is 0 Å². The number of carbonyl (C=O) groups is 2. The molecule has 142 valence electrons. The van der Waals surface area contributed by atoms with E-state index in [2.05, 4.69) is 5.32 Å². The van der Waals surface area contributed by atoms with Crippen LogP contribution in [0.3, 0.4) is 0 Å². The predicted octanol–water partition coefficient (Wildman–Crippen LogP) is 2.04. The van der Waals surface area contributed by atoms with Crippen LogP contribution in [0.1, 0.15) is 12.5 Å². The minimum absolute atomic E-state index is 0.224. The average Bonchev–Trinajstić information content (AvgIpc) is 2.66. The SMILES string of the molecule is C[C@@H]1Oc2ccccc2O[C@H]1C(=O)NCCc1ccc(OCC(=O)O)cc1. The van der Waals surface area contributed by atoms with Crippen molar-refractivity contribution in [2.24, 2.45) is 0 Å². The molecule has 27 heavy (non-hydrogen) atoms. The van der Waals surface area contributed by atoms with Crippen molar-refractivity contribution < 1.29 is 28.9 Å². The van der Waals surface area contributed by atoms with Crippen LogP contribution < -0.4 is 19.5 Å². The lowest BCUT2D eigenvalue weighted by molar-refractivity contribution is -0.139. The van der Waals surface area contributed by atoms with Crippen molar-refractivity contribution in [3.8, 4) is 17.2 Å². The van der Waals surface area contributed by atoms with Gasteiger partial charge in [-0.1, -0.05) is 24.3 Å². The first-order valence-electron chi connectivity index (χ1n) is 8.66. The maximum absolute atomic E-state index is 12.4. The Kier molecular flexibility index (Phi) is 5.80. The molecule has 0 radical (unpaired) electrons. The van der Waals surface area contributed by atoms with Gasteiger partial charge in [0.1, 0.15) is 11.9 Å². The molecule has 1 aliphatic rings. The number of ether oxygens (including phenoxy) is 3. The van der Waals surface area contributed by atoms with Crippen molar-refractivity contribution in [2.45, 2.75) is 25.6 Å². The van der Waals surface area contributed by atoms with E-state index in [-0.39, 0.29) is 18.6 Å². The summed E-state index contributed by atoms with van der Waals surface area (Å²) in [5, 5.41) is 11.5. The predicted molar refractivity (Wildman–Crippen MR) is 97.2 cm³/mol. The summed E-state index contributed by atoms with van der Waals surface area (Å²) in [5.41, 5.74) is 0.997. The van der Waals surface area contributed by atoms with Crippen LogP contribution in [0.25, 0.3) is 0 Å². The van der Waals surface area contributed by atoms with E-state index < -0.39 is 12.1 Å². The lowest BCUT2D eigenvalue weighted by atomic mass is 10.1. The average molecular weight is 371 g/mol. The fraction of sp³-hybridized carbons (Fsp3) is 0.300. The molecule has 0 unspecified atom stereocenters. The number of benzene rings is 2. The van der Waals surface area contributed by atoms with Gasteiger partial charge in [0.25, 0.3) is 5.91 Å². The number of rotatable bonds is 7. The molecular weight excluding hydrogens is 350 g/mol. The fourth-order valence-corrected chi connectivity index (χ4v) is 2.73. The zero-order chi connectivity index (χ0) is 19.2. The molecule has 2 N–H and O–H groups in total. The van der Waals surface area contributed by atoms with Crippen molar-refractivity contribution in [2.75, 3.05) is 13.2 Å². The van der Waals surface area contributed by atoms with Crippen LogP contribution in [-0.4, -0.2) is 42.3 Å². The zero-order valence-electron chi connectivity index (χ0n) is 14.9. The van der Waals surface area contributed by atoms with Crippen LogP contribution in [0.15, 0.2) is 48.5 Å². The van der Waals surface area contributed by atoms with Crippen molar-refractivity contribution >= 4 is 11.9 Å². The highest BCUT2D eigenvalue weighted by Gasteiger charge is 2.33. The van der Waals surface area contributed by atoms with Gasteiger partial charge < -0.3 is 24.6 Å². The highest BCUT2D eigenvalue weighted by atomic mass is 16.6. The van der Waals surface area contributed by atoms with Crippen molar-refractivity contribution in [3.05, 3.63) is 54.1 Å². The highest BCUT2D eigenvalue weighted by molar-refractivity contribution is 5.82. The molecular formula is C20H21NO6. The molecule has 0 spiro atoms. The summed E-state index contributed by atoms with van der Waals surface area (Å²) in [6.07, 6.45) is -0.457. The minimum atomic E-state index is -1.02. The number of fused-ring (bicyclic) bond motifs is 1. The van der Waals surface area contributed by atoms with Crippen molar-refractivity contribution in [1.29, 1.82) is 0 Å². The fourth-order valence-electron chi connectivity index (χ4n) is 2.73. The van der Waals surface area contributed by atoms with Crippen LogP contribution in [0.5, 0.6) is 17.2 Å².